The van der Waals surface area contributed by atoms with Crippen LogP contribution in [0, 0.1) is 5.82 Å². The summed E-state index contributed by atoms with van der Waals surface area (Å²) in [5.74, 6) is -0.406. The topological polar surface area (TPSA) is 29.5 Å². The Kier molecular flexibility index (Phi) is 5.76. The third-order valence-electron chi connectivity index (χ3n) is 3.38. The molecule has 0 saturated heterocycles. The lowest BCUT2D eigenvalue weighted by atomic mass is 9.86. The summed E-state index contributed by atoms with van der Waals surface area (Å²) in [7, 11) is 0. The van der Waals surface area contributed by atoms with E-state index in [0.29, 0.717) is 19.4 Å². The van der Waals surface area contributed by atoms with Crippen LogP contribution >= 0.6 is 15.9 Å². The lowest BCUT2D eigenvalue weighted by Crippen LogP contribution is -2.38. The van der Waals surface area contributed by atoms with Crippen LogP contribution in [0.2, 0.25) is 0 Å². The van der Waals surface area contributed by atoms with Crippen molar-refractivity contribution in [2.45, 2.75) is 45.3 Å². The first-order valence-corrected chi connectivity index (χ1v) is 7.07. The van der Waals surface area contributed by atoms with Crippen LogP contribution in [0.3, 0.4) is 0 Å². The van der Waals surface area contributed by atoms with Crippen LogP contribution < -0.4 is 0 Å². The quantitative estimate of drug-likeness (QED) is 0.851. The normalized spacial score (nSPS) is 13.7. The van der Waals surface area contributed by atoms with Gasteiger partial charge in [-0.05, 0) is 38.0 Å². The van der Waals surface area contributed by atoms with E-state index in [2.05, 4.69) is 15.9 Å². The van der Waals surface area contributed by atoms with Crippen LogP contribution in [-0.2, 0) is 4.74 Å². The molecule has 0 radical (unpaired) electrons. The molecular weight excluding hydrogens is 299 g/mol. The fourth-order valence-corrected chi connectivity index (χ4v) is 2.59. The van der Waals surface area contributed by atoms with Gasteiger partial charge in [0, 0.05) is 16.6 Å². The molecule has 0 aromatic heterocycles. The first kappa shape index (κ1) is 15.6. The zero-order chi connectivity index (χ0) is 13.8. The van der Waals surface area contributed by atoms with Crippen molar-refractivity contribution in [1.82, 2.24) is 0 Å². The zero-order valence-corrected chi connectivity index (χ0v) is 12.6. The van der Waals surface area contributed by atoms with Gasteiger partial charge in [-0.1, -0.05) is 29.8 Å². The molecule has 2 nitrogen and oxygen atoms in total. The van der Waals surface area contributed by atoms with Crippen molar-refractivity contribution in [2.24, 2.45) is 0 Å². The molecule has 0 aliphatic rings. The Morgan fingerprint density at radius 3 is 2.44 bits per heavy atom. The van der Waals surface area contributed by atoms with Gasteiger partial charge in [-0.3, -0.25) is 0 Å². The monoisotopic (exact) mass is 318 g/mol. The van der Waals surface area contributed by atoms with E-state index in [1.807, 2.05) is 20.8 Å². The Morgan fingerprint density at radius 2 is 1.94 bits per heavy atom. The summed E-state index contributed by atoms with van der Waals surface area (Å²) in [5.41, 5.74) is -0.447. The second kappa shape index (κ2) is 6.64. The van der Waals surface area contributed by atoms with E-state index < -0.39 is 17.5 Å². The molecular formula is C14H20BrFO2. The summed E-state index contributed by atoms with van der Waals surface area (Å²) in [4.78, 5) is 0. The van der Waals surface area contributed by atoms with Crippen molar-refractivity contribution in [3.05, 3.63) is 34.1 Å². The smallest absolute Gasteiger partial charge is 0.129 e. The Labute approximate surface area is 116 Å². The minimum atomic E-state index is -0.968. The van der Waals surface area contributed by atoms with Gasteiger partial charge in [0.25, 0.3) is 0 Å². The predicted octanol–water partition coefficient (Wildman–Crippen LogP) is 4.22. The molecule has 0 bridgehead atoms. The Bertz CT molecular complexity index is 391. The standard InChI is InChI=1S/C14H20BrFO2/c1-4-14(5-2,18-6-3)13(17)11-9-10(15)7-8-12(11)16/h7-9,13,17H,4-6H2,1-3H3. The molecule has 0 saturated carbocycles. The minimum Gasteiger partial charge on any atom is -0.385 e. The van der Waals surface area contributed by atoms with E-state index in [9.17, 15) is 9.50 Å². The second-order valence-corrected chi connectivity index (χ2v) is 5.19. The molecule has 1 aromatic carbocycles. The first-order chi connectivity index (χ1) is 8.50. The summed E-state index contributed by atoms with van der Waals surface area (Å²) >= 11 is 3.30. The SMILES string of the molecule is CCOC(CC)(CC)C(O)c1cc(Br)ccc1F. The van der Waals surface area contributed by atoms with Crippen molar-refractivity contribution in [3.8, 4) is 0 Å². The third-order valence-corrected chi connectivity index (χ3v) is 3.87. The van der Waals surface area contributed by atoms with E-state index in [0.717, 1.165) is 4.47 Å². The maximum atomic E-state index is 13.8. The number of aliphatic hydroxyl groups excluding tert-OH is 1. The average molecular weight is 319 g/mol. The molecule has 0 fully saturated rings. The molecule has 1 atom stereocenters. The summed E-state index contributed by atoms with van der Waals surface area (Å²) in [5, 5.41) is 10.5. The maximum absolute atomic E-state index is 13.8. The molecule has 1 N–H and O–H groups in total. The lowest BCUT2D eigenvalue weighted by molar-refractivity contribution is -0.128. The first-order valence-electron chi connectivity index (χ1n) is 6.27. The van der Waals surface area contributed by atoms with E-state index in [4.69, 9.17) is 4.74 Å². The van der Waals surface area contributed by atoms with Crippen LogP contribution in [0.5, 0.6) is 0 Å². The summed E-state index contributed by atoms with van der Waals surface area (Å²) < 4.78 is 20.3. The van der Waals surface area contributed by atoms with Crippen molar-refractivity contribution in [3.63, 3.8) is 0 Å². The number of rotatable bonds is 6. The highest BCUT2D eigenvalue weighted by atomic mass is 79.9. The molecule has 18 heavy (non-hydrogen) atoms. The third kappa shape index (κ3) is 3.11. The molecule has 0 aliphatic heterocycles. The fourth-order valence-electron chi connectivity index (χ4n) is 2.21. The van der Waals surface area contributed by atoms with Crippen LogP contribution in [-0.4, -0.2) is 17.3 Å². The van der Waals surface area contributed by atoms with Gasteiger partial charge in [-0.25, -0.2) is 4.39 Å². The van der Waals surface area contributed by atoms with E-state index in [1.54, 1.807) is 12.1 Å². The van der Waals surface area contributed by atoms with E-state index in [-0.39, 0.29) is 5.56 Å². The highest BCUT2D eigenvalue weighted by Gasteiger charge is 2.37. The number of benzene rings is 1. The van der Waals surface area contributed by atoms with E-state index >= 15 is 0 Å². The summed E-state index contributed by atoms with van der Waals surface area (Å²) in [6, 6.07) is 4.58. The molecule has 1 unspecified atom stereocenters. The molecule has 102 valence electrons. The van der Waals surface area contributed by atoms with Gasteiger partial charge in [-0.2, -0.15) is 0 Å². The van der Waals surface area contributed by atoms with Gasteiger partial charge in [-0.15, -0.1) is 0 Å². The van der Waals surface area contributed by atoms with Gasteiger partial charge < -0.3 is 9.84 Å². The fraction of sp³-hybridized carbons (Fsp3) is 0.571. The van der Waals surface area contributed by atoms with Crippen LogP contribution in [0.4, 0.5) is 4.39 Å². The summed E-state index contributed by atoms with van der Waals surface area (Å²) in [6.07, 6.45) is 0.291. The van der Waals surface area contributed by atoms with Crippen molar-refractivity contribution < 1.29 is 14.2 Å². The Morgan fingerprint density at radius 1 is 1.33 bits per heavy atom. The number of aliphatic hydroxyl groups is 1. The highest BCUT2D eigenvalue weighted by molar-refractivity contribution is 9.10. The van der Waals surface area contributed by atoms with Gasteiger partial charge in [0.15, 0.2) is 0 Å². The number of hydrogen-bond donors (Lipinski definition) is 1. The largest absolute Gasteiger partial charge is 0.385 e. The van der Waals surface area contributed by atoms with E-state index in [1.165, 1.54) is 6.07 Å². The minimum absolute atomic E-state index is 0.279. The van der Waals surface area contributed by atoms with Gasteiger partial charge in [0.05, 0.1) is 5.60 Å². The average Bonchev–Trinajstić information content (AvgIpc) is 2.38. The number of halogens is 2. The molecule has 0 aliphatic carbocycles. The molecule has 1 aromatic rings. The number of ether oxygens (including phenoxy) is 1. The zero-order valence-electron chi connectivity index (χ0n) is 11.0. The Hall–Kier alpha value is -0.450. The van der Waals surface area contributed by atoms with Crippen molar-refractivity contribution >= 4 is 15.9 Å². The Balaban J connectivity index is 3.16. The predicted molar refractivity (Wildman–Crippen MR) is 74.0 cm³/mol. The van der Waals surface area contributed by atoms with Crippen molar-refractivity contribution in [2.75, 3.05) is 6.61 Å². The highest BCUT2D eigenvalue weighted by Crippen LogP contribution is 2.37. The maximum Gasteiger partial charge on any atom is 0.129 e. The second-order valence-electron chi connectivity index (χ2n) is 4.27. The van der Waals surface area contributed by atoms with Gasteiger partial charge in [0.2, 0.25) is 0 Å². The molecule has 0 heterocycles. The van der Waals surface area contributed by atoms with Crippen molar-refractivity contribution in [1.29, 1.82) is 0 Å². The van der Waals surface area contributed by atoms with Gasteiger partial charge in [0.1, 0.15) is 11.9 Å². The van der Waals surface area contributed by atoms with Crippen LogP contribution in [0.15, 0.2) is 22.7 Å². The van der Waals surface area contributed by atoms with Crippen LogP contribution in [0.25, 0.3) is 0 Å². The molecule has 1 rings (SSSR count). The van der Waals surface area contributed by atoms with Crippen LogP contribution in [0.1, 0.15) is 45.3 Å². The molecule has 4 heteroatoms. The number of hydrogen-bond acceptors (Lipinski definition) is 2. The summed E-state index contributed by atoms with van der Waals surface area (Å²) in [6.45, 7) is 6.26. The van der Waals surface area contributed by atoms with Gasteiger partial charge >= 0.3 is 0 Å². The molecule has 0 spiro atoms. The lowest BCUT2D eigenvalue weighted by Gasteiger charge is -2.36. The molecule has 0 amide bonds.